The van der Waals surface area contributed by atoms with Crippen LogP contribution in [0.3, 0.4) is 0 Å². The number of nitrogens with zero attached hydrogens (tertiary/aromatic N) is 1. The van der Waals surface area contributed by atoms with Crippen LogP contribution in [0, 0.1) is 0 Å². The van der Waals surface area contributed by atoms with Gasteiger partial charge in [0.1, 0.15) is 6.26 Å². The summed E-state index contributed by atoms with van der Waals surface area (Å²) in [6, 6.07) is 19.7. The Morgan fingerprint density at radius 3 is 2.56 bits per heavy atom. The van der Waals surface area contributed by atoms with Crippen LogP contribution in [0.5, 0.6) is 0 Å². The molecule has 0 aliphatic heterocycles. The van der Waals surface area contributed by atoms with Crippen molar-refractivity contribution in [2.75, 3.05) is 13.2 Å². The van der Waals surface area contributed by atoms with Crippen LogP contribution in [-0.2, 0) is 16.0 Å². The summed E-state index contributed by atoms with van der Waals surface area (Å²) in [5.41, 5.74) is 2.68. The number of nitrogens with one attached hydrogen (secondary N) is 1. The fourth-order valence-electron chi connectivity index (χ4n) is 2.71. The molecule has 0 bridgehead atoms. The van der Waals surface area contributed by atoms with Crippen molar-refractivity contribution in [2.45, 2.75) is 25.9 Å². The molecule has 0 radical (unpaired) electrons. The van der Waals surface area contributed by atoms with Crippen LogP contribution in [0.15, 0.2) is 71.3 Å². The molecule has 1 atom stereocenters. The Bertz CT molecular complexity index is 831. The predicted octanol–water partition coefficient (Wildman–Crippen LogP) is 4.17. The Morgan fingerprint density at radius 2 is 1.81 bits per heavy atom. The van der Waals surface area contributed by atoms with Gasteiger partial charge in [-0.3, -0.25) is 4.79 Å². The molecule has 0 saturated heterocycles. The van der Waals surface area contributed by atoms with E-state index in [2.05, 4.69) is 10.3 Å². The van der Waals surface area contributed by atoms with E-state index in [1.807, 2.05) is 67.6 Å². The monoisotopic (exact) mass is 364 g/mol. The van der Waals surface area contributed by atoms with Crippen molar-refractivity contribution in [3.63, 3.8) is 0 Å². The number of amides is 1. The van der Waals surface area contributed by atoms with Gasteiger partial charge in [-0.1, -0.05) is 48.5 Å². The number of ether oxygens (including phenoxy) is 1. The van der Waals surface area contributed by atoms with Gasteiger partial charge in [0.05, 0.1) is 18.2 Å². The normalized spacial score (nSPS) is 11.9. The summed E-state index contributed by atoms with van der Waals surface area (Å²) < 4.78 is 11.3. The highest BCUT2D eigenvalue weighted by atomic mass is 16.5. The number of rotatable bonds is 9. The molecule has 1 heterocycles. The lowest BCUT2D eigenvalue weighted by molar-refractivity contribution is -0.120. The lowest BCUT2D eigenvalue weighted by Gasteiger charge is -2.13. The molecule has 2 aromatic carbocycles. The van der Waals surface area contributed by atoms with Gasteiger partial charge in [-0.2, -0.15) is 0 Å². The number of benzene rings is 2. The highest BCUT2D eigenvalue weighted by molar-refractivity contribution is 5.78. The van der Waals surface area contributed by atoms with Crippen molar-refractivity contribution in [1.29, 1.82) is 0 Å². The van der Waals surface area contributed by atoms with E-state index < -0.39 is 0 Å². The van der Waals surface area contributed by atoms with Crippen molar-refractivity contribution >= 4 is 5.91 Å². The zero-order valence-corrected chi connectivity index (χ0v) is 15.4. The minimum atomic E-state index is -0.0704. The van der Waals surface area contributed by atoms with E-state index in [0.717, 1.165) is 17.5 Å². The van der Waals surface area contributed by atoms with Crippen LogP contribution in [0.2, 0.25) is 0 Å². The van der Waals surface area contributed by atoms with Gasteiger partial charge in [-0.05, 0) is 31.0 Å². The zero-order valence-electron chi connectivity index (χ0n) is 15.4. The SMILES string of the molecule is CC(OCCCNC(=O)Cc1coc(-c2ccccc2)n1)c1ccccc1. The van der Waals surface area contributed by atoms with Gasteiger partial charge in [0, 0.05) is 18.7 Å². The van der Waals surface area contributed by atoms with Crippen molar-refractivity contribution in [3.05, 3.63) is 78.2 Å². The molecule has 1 unspecified atom stereocenters. The Morgan fingerprint density at radius 1 is 1.11 bits per heavy atom. The molecule has 0 aliphatic rings. The first-order valence-corrected chi connectivity index (χ1v) is 9.15. The fourth-order valence-corrected chi connectivity index (χ4v) is 2.71. The number of aromatic nitrogens is 1. The van der Waals surface area contributed by atoms with Crippen LogP contribution < -0.4 is 5.32 Å². The third kappa shape index (κ3) is 5.79. The summed E-state index contributed by atoms with van der Waals surface area (Å²) in [5.74, 6) is 0.459. The molecule has 0 saturated carbocycles. The van der Waals surface area contributed by atoms with Crippen LogP contribution in [0.25, 0.3) is 11.5 Å². The van der Waals surface area contributed by atoms with Gasteiger partial charge in [0.15, 0.2) is 0 Å². The number of hydrogen-bond acceptors (Lipinski definition) is 4. The second-order valence-electron chi connectivity index (χ2n) is 6.31. The van der Waals surface area contributed by atoms with Gasteiger partial charge in [0.25, 0.3) is 0 Å². The van der Waals surface area contributed by atoms with Crippen molar-refractivity contribution < 1.29 is 13.9 Å². The van der Waals surface area contributed by atoms with Crippen LogP contribution in [-0.4, -0.2) is 24.0 Å². The minimum absolute atomic E-state index is 0.0495. The average Bonchev–Trinajstić information content (AvgIpc) is 3.17. The molecule has 27 heavy (non-hydrogen) atoms. The summed E-state index contributed by atoms with van der Waals surface area (Å²) in [6.45, 7) is 3.20. The third-order valence-corrected chi connectivity index (χ3v) is 4.19. The number of oxazole rings is 1. The van der Waals surface area contributed by atoms with Gasteiger partial charge in [-0.15, -0.1) is 0 Å². The molecule has 0 aliphatic carbocycles. The summed E-state index contributed by atoms with van der Waals surface area (Å²) >= 11 is 0. The summed E-state index contributed by atoms with van der Waals surface area (Å²) in [4.78, 5) is 16.4. The molecular formula is C22H24N2O3. The van der Waals surface area contributed by atoms with E-state index in [4.69, 9.17) is 9.15 Å². The first-order chi connectivity index (χ1) is 13.2. The smallest absolute Gasteiger partial charge is 0.226 e. The second kappa shape index (κ2) is 9.69. The standard InChI is InChI=1S/C22H24N2O3/c1-17(18-9-4-2-5-10-18)26-14-8-13-23-21(25)15-20-16-27-22(24-20)19-11-6-3-7-12-19/h2-7,9-12,16-17H,8,13-15H2,1H3,(H,23,25). The summed E-state index contributed by atoms with van der Waals surface area (Å²) in [6.07, 6.45) is 2.55. The Hall–Kier alpha value is -2.92. The lowest BCUT2D eigenvalue weighted by Crippen LogP contribution is -2.27. The summed E-state index contributed by atoms with van der Waals surface area (Å²) in [7, 11) is 0. The first-order valence-electron chi connectivity index (χ1n) is 9.15. The quantitative estimate of drug-likeness (QED) is 0.579. The molecule has 0 fully saturated rings. The van der Waals surface area contributed by atoms with Crippen LogP contribution in [0.4, 0.5) is 0 Å². The number of hydrogen-bond donors (Lipinski definition) is 1. The average molecular weight is 364 g/mol. The maximum Gasteiger partial charge on any atom is 0.226 e. The maximum atomic E-state index is 12.0. The highest BCUT2D eigenvalue weighted by Gasteiger charge is 2.10. The summed E-state index contributed by atoms with van der Waals surface area (Å²) in [5, 5.41) is 2.89. The number of carbonyl (C=O) groups is 1. The third-order valence-electron chi connectivity index (χ3n) is 4.19. The van der Waals surface area contributed by atoms with Crippen LogP contribution in [0.1, 0.15) is 30.7 Å². The molecular weight excluding hydrogens is 340 g/mol. The Kier molecular flexibility index (Phi) is 6.77. The molecule has 3 rings (SSSR count). The second-order valence-corrected chi connectivity index (χ2v) is 6.31. The molecule has 140 valence electrons. The van der Waals surface area contributed by atoms with Gasteiger partial charge < -0.3 is 14.5 Å². The first kappa shape index (κ1) is 18.9. The van der Waals surface area contributed by atoms with Crippen molar-refractivity contribution in [1.82, 2.24) is 10.3 Å². The van der Waals surface area contributed by atoms with E-state index >= 15 is 0 Å². The Labute approximate surface area is 159 Å². The molecule has 1 aromatic heterocycles. The predicted molar refractivity (Wildman–Crippen MR) is 104 cm³/mol. The zero-order chi connectivity index (χ0) is 18.9. The van der Waals surface area contributed by atoms with Crippen LogP contribution >= 0.6 is 0 Å². The Balaban J connectivity index is 1.35. The van der Waals surface area contributed by atoms with E-state index in [0.29, 0.717) is 24.7 Å². The largest absolute Gasteiger partial charge is 0.444 e. The topological polar surface area (TPSA) is 64.4 Å². The molecule has 5 heteroatoms. The number of carbonyl (C=O) groups excluding carboxylic acids is 1. The van der Waals surface area contributed by atoms with E-state index in [9.17, 15) is 4.79 Å². The minimum Gasteiger partial charge on any atom is -0.444 e. The van der Waals surface area contributed by atoms with Crippen molar-refractivity contribution in [3.8, 4) is 11.5 Å². The van der Waals surface area contributed by atoms with E-state index in [1.54, 1.807) is 0 Å². The fraction of sp³-hybridized carbons (Fsp3) is 0.273. The molecule has 3 aromatic rings. The molecule has 1 amide bonds. The maximum absolute atomic E-state index is 12.0. The molecule has 5 nitrogen and oxygen atoms in total. The molecule has 0 spiro atoms. The van der Waals surface area contributed by atoms with Gasteiger partial charge in [-0.25, -0.2) is 4.98 Å². The van der Waals surface area contributed by atoms with Gasteiger partial charge >= 0.3 is 0 Å². The van der Waals surface area contributed by atoms with Crippen molar-refractivity contribution in [2.24, 2.45) is 0 Å². The molecule has 1 N–H and O–H groups in total. The van der Waals surface area contributed by atoms with E-state index in [1.165, 1.54) is 6.26 Å². The van der Waals surface area contributed by atoms with Gasteiger partial charge in [0.2, 0.25) is 11.8 Å². The lowest BCUT2D eigenvalue weighted by atomic mass is 10.1. The van der Waals surface area contributed by atoms with E-state index in [-0.39, 0.29) is 18.4 Å². The highest BCUT2D eigenvalue weighted by Crippen LogP contribution is 2.18.